The number of benzene rings is 1. The number of ether oxygens (including phenoxy) is 2. The van der Waals surface area contributed by atoms with Crippen molar-refractivity contribution in [3.8, 4) is 11.5 Å². The lowest BCUT2D eigenvalue weighted by Gasteiger charge is -2.16. The number of nitrogens with one attached hydrogen (secondary N) is 1. The molecule has 102 valence electrons. The zero-order valence-corrected chi connectivity index (χ0v) is 11.7. The van der Waals surface area contributed by atoms with Gasteiger partial charge >= 0.3 is 0 Å². The van der Waals surface area contributed by atoms with Crippen molar-refractivity contribution >= 4 is 5.69 Å². The van der Waals surface area contributed by atoms with Crippen molar-refractivity contribution in [2.24, 2.45) is 0 Å². The molecular formula is C15H19NO3. The van der Waals surface area contributed by atoms with E-state index in [-0.39, 0.29) is 6.04 Å². The Kier molecular flexibility index (Phi) is 4.00. The van der Waals surface area contributed by atoms with Crippen molar-refractivity contribution in [2.75, 3.05) is 19.5 Å². The summed E-state index contributed by atoms with van der Waals surface area (Å²) in [6, 6.07) is 9.63. The van der Waals surface area contributed by atoms with Crippen LogP contribution < -0.4 is 14.8 Å². The third-order valence-electron chi connectivity index (χ3n) is 2.97. The quantitative estimate of drug-likeness (QED) is 0.889. The average Bonchev–Trinajstić information content (AvgIpc) is 2.85. The molecule has 4 heteroatoms. The minimum atomic E-state index is 0.0507. The Labute approximate surface area is 113 Å². The minimum absolute atomic E-state index is 0.0507. The second-order valence-electron chi connectivity index (χ2n) is 4.38. The number of anilines is 1. The van der Waals surface area contributed by atoms with E-state index in [1.807, 2.05) is 44.2 Å². The summed E-state index contributed by atoms with van der Waals surface area (Å²) in [6.07, 6.45) is 0. The molecule has 1 aromatic heterocycles. The summed E-state index contributed by atoms with van der Waals surface area (Å²) in [4.78, 5) is 0. The van der Waals surface area contributed by atoms with E-state index in [1.165, 1.54) is 0 Å². The lowest BCUT2D eigenvalue weighted by atomic mass is 10.2. The van der Waals surface area contributed by atoms with Gasteiger partial charge in [0.05, 0.1) is 25.9 Å². The first-order valence-electron chi connectivity index (χ1n) is 6.19. The van der Waals surface area contributed by atoms with Crippen LogP contribution in [0.15, 0.2) is 34.7 Å². The topological polar surface area (TPSA) is 43.6 Å². The van der Waals surface area contributed by atoms with Crippen molar-refractivity contribution in [2.45, 2.75) is 19.9 Å². The predicted molar refractivity (Wildman–Crippen MR) is 75.0 cm³/mol. The summed E-state index contributed by atoms with van der Waals surface area (Å²) < 4.78 is 16.2. The van der Waals surface area contributed by atoms with Gasteiger partial charge in [-0.2, -0.15) is 0 Å². The summed E-state index contributed by atoms with van der Waals surface area (Å²) in [5.41, 5.74) is 0.878. The second kappa shape index (κ2) is 5.69. The maximum absolute atomic E-state index is 5.61. The molecule has 2 rings (SSSR count). The molecule has 0 spiro atoms. The molecule has 1 unspecified atom stereocenters. The van der Waals surface area contributed by atoms with E-state index in [0.29, 0.717) is 0 Å². The van der Waals surface area contributed by atoms with Crippen LogP contribution in [0.5, 0.6) is 11.5 Å². The summed E-state index contributed by atoms with van der Waals surface area (Å²) in [6.45, 7) is 3.97. The number of hydrogen-bond acceptors (Lipinski definition) is 4. The van der Waals surface area contributed by atoms with Gasteiger partial charge in [0.1, 0.15) is 23.0 Å². The van der Waals surface area contributed by atoms with Gasteiger partial charge in [0.2, 0.25) is 0 Å². The van der Waals surface area contributed by atoms with Gasteiger partial charge in [-0.3, -0.25) is 0 Å². The highest BCUT2D eigenvalue weighted by molar-refractivity contribution is 5.60. The standard InChI is InChI=1S/C15H19NO3/c1-10-5-7-14(19-10)11(2)16-13-9-12(17-3)6-8-15(13)18-4/h5-9,11,16H,1-4H3. The largest absolute Gasteiger partial charge is 0.497 e. The SMILES string of the molecule is COc1ccc(OC)c(NC(C)c2ccc(C)o2)c1. The molecule has 1 atom stereocenters. The van der Waals surface area contributed by atoms with Crippen LogP contribution in [0.1, 0.15) is 24.5 Å². The van der Waals surface area contributed by atoms with E-state index in [2.05, 4.69) is 5.32 Å². The van der Waals surface area contributed by atoms with Crippen LogP contribution in [0.2, 0.25) is 0 Å². The summed E-state index contributed by atoms with van der Waals surface area (Å²) in [5.74, 6) is 3.35. The highest BCUT2D eigenvalue weighted by atomic mass is 16.5. The average molecular weight is 261 g/mol. The molecular weight excluding hydrogens is 242 g/mol. The van der Waals surface area contributed by atoms with Gasteiger partial charge in [-0.1, -0.05) is 0 Å². The maximum Gasteiger partial charge on any atom is 0.142 e. The number of rotatable bonds is 5. The first kappa shape index (κ1) is 13.3. The molecule has 0 aliphatic heterocycles. The Hall–Kier alpha value is -2.10. The van der Waals surface area contributed by atoms with E-state index in [0.717, 1.165) is 28.7 Å². The Morgan fingerprint density at radius 2 is 1.89 bits per heavy atom. The van der Waals surface area contributed by atoms with Crippen LogP contribution in [0.4, 0.5) is 5.69 Å². The van der Waals surface area contributed by atoms with E-state index >= 15 is 0 Å². The highest BCUT2D eigenvalue weighted by Gasteiger charge is 2.12. The van der Waals surface area contributed by atoms with Gasteiger partial charge in [0.25, 0.3) is 0 Å². The van der Waals surface area contributed by atoms with E-state index in [4.69, 9.17) is 13.9 Å². The number of furan rings is 1. The fraction of sp³-hybridized carbons (Fsp3) is 0.333. The monoisotopic (exact) mass is 261 g/mol. The fourth-order valence-electron chi connectivity index (χ4n) is 1.92. The summed E-state index contributed by atoms with van der Waals surface area (Å²) in [5, 5.41) is 3.37. The Morgan fingerprint density at radius 1 is 1.11 bits per heavy atom. The van der Waals surface area contributed by atoms with Crippen molar-refractivity contribution in [3.05, 3.63) is 41.9 Å². The van der Waals surface area contributed by atoms with Crippen molar-refractivity contribution in [1.82, 2.24) is 0 Å². The summed E-state index contributed by atoms with van der Waals surface area (Å²) >= 11 is 0. The molecule has 1 heterocycles. The number of aryl methyl sites for hydroxylation is 1. The van der Waals surface area contributed by atoms with Crippen LogP contribution in [0, 0.1) is 6.92 Å². The molecule has 2 aromatic rings. The molecule has 0 radical (unpaired) electrons. The third-order valence-corrected chi connectivity index (χ3v) is 2.97. The fourth-order valence-corrected chi connectivity index (χ4v) is 1.92. The minimum Gasteiger partial charge on any atom is -0.497 e. The van der Waals surface area contributed by atoms with Crippen LogP contribution in [-0.2, 0) is 0 Å². The Bertz CT molecular complexity index is 548. The van der Waals surface area contributed by atoms with Gasteiger partial charge in [0.15, 0.2) is 0 Å². The second-order valence-corrected chi connectivity index (χ2v) is 4.38. The van der Waals surface area contributed by atoms with Gasteiger partial charge in [-0.25, -0.2) is 0 Å². The van der Waals surface area contributed by atoms with E-state index in [1.54, 1.807) is 14.2 Å². The van der Waals surface area contributed by atoms with Crippen LogP contribution in [0.25, 0.3) is 0 Å². The zero-order chi connectivity index (χ0) is 13.8. The first-order chi connectivity index (χ1) is 9.13. The Morgan fingerprint density at radius 3 is 2.47 bits per heavy atom. The van der Waals surface area contributed by atoms with Gasteiger partial charge in [-0.15, -0.1) is 0 Å². The molecule has 0 bridgehead atoms. The molecule has 0 aliphatic carbocycles. The van der Waals surface area contributed by atoms with Gasteiger partial charge in [-0.05, 0) is 38.1 Å². The van der Waals surface area contributed by atoms with Crippen molar-refractivity contribution in [1.29, 1.82) is 0 Å². The molecule has 1 aromatic carbocycles. The lowest BCUT2D eigenvalue weighted by molar-refractivity contribution is 0.403. The predicted octanol–water partition coefficient (Wildman–Crippen LogP) is 3.78. The van der Waals surface area contributed by atoms with E-state index < -0.39 is 0 Å². The summed E-state index contributed by atoms with van der Waals surface area (Å²) in [7, 11) is 3.29. The zero-order valence-electron chi connectivity index (χ0n) is 11.7. The first-order valence-corrected chi connectivity index (χ1v) is 6.19. The molecule has 0 amide bonds. The molecule has 1 N–H and O–H groups in total. The molecule has 0 saturated carbocycles. The van der Waals surface area contributed by atoms with Crippen molar-refractivity contribution in [3.63, 3.8) is 0 Å². The molecule has 0 fully saturated rings. The highest BCUT2D eigenvalue weighted by Crippen LogP contribution is 2.32. The van der Waals surface area contributed by atoms with Crippen LogP contribution in [-0.4, -0.2) is 14.2 Å². The number of methoxy groups -OCH3 is 2. The van der Waals surface area contributed by atoms with Gasteiger partial charge < -0.3 is 19.2 Å². The van der Waals surface area contributed by atoms with Gasteiger partial charge in [0, 0.05) is 6.07 Å². The van der Waals surface area contributed by atoms with Crippen LogP contribution in [0.3, 0.4) is 0 Å². The molecule has 4 nitrogen and oxygen atoms in total. The molecule has 0 aliphatic rings. The van der Waals surface area contributed by atoms with Crippen LogP contribution >= 0.6 is 0 Å². The smallest absolute Gasteiger partial charge is 0.142 e. The molecule has 0 saturated heterocycles. The Balaban J connectivity index is 2.21. The lowest BCUT2D eigenvalue weighted by Crippen LogP contribution is -2.07. The molecule has 19 heavy (non-hydrogen) atoms. The normalized spacial score (nSPS) is 12.0. The number of hydrogen-bond donors (Lipinski definition) is 1. The third kappa shape index (κ3) is 3.02. The van der Waals surface area contributed by atoms with Crippen molar-refractivity contribution < 1.29 is 13.9 Å². The maximum atomic E-state index is 5.61. The van der Waals surface area contributed by atoms with E-state index in [9.17, 15) is 0 Å².